The molecule has 0 aromatic rings. The lowest BCUT2D eigenvalue weighted by atomic mass is 9.90. The van der Waals surface area contributed by atoms with Gasteiger partial charge in [0, 0.05) is 12.2 Å². The van der Waals surface area contributed by atoms with Crippen molar-refractivity contribution in [3.8, 4) is 0 Å². The molecule has 1 fully saturated rings. The molecule has 1 aliphatic rings. The fraction of sp³-hybridized carbons (Fsp3) is 0.714. The fourth-order valence-corrected chi connectivity index (χ4v) is 2.23. The number of nitrogens with one attached hydrogen (secondary N) is 1. The first kappa shape index (κ1) is 12.4. The third-order valence-corrected chi connectivity index (χ3v) is 3.16. The Hall–Kier alpha value is -0.720. The Morgan fingerprint density at radius 1 is 1.47 bits per heavy atom. The van der Waals surface area contributed by atoms with E-state index < -0.39 is 0 Å². The quantitative estimate of drug-likeness (QED) is 0.512. The van der Waals surface area contributed by atoms with E-state index in [1.54, 1.807) is 0 Å². The summed E-state index contributed by atoms with van der Waals surface area (Å²) in [6.07, 6.45) is 13.4. The van der Waals surface area contributed by atoms with E-state index in [1.807, 2.05) is 6.08 Å². The molecule has 0 radical (unpaired) electrons. The van der Waals surface area contributed by atoms with Gasteiger partial charge in [-0.15, -0.1) is 6.58 Å². The van der Waals surface area contributed by atoms with Crippen LogP contribution in [0.1, 0.15) is 51.9 Å². The molecular weight excluding hydrogens is 182 g/mol. The van der Waals surface area contributed by atoms with Crippen molar-refractivity contribution in [2.45, 2.75) is 51.9 Å². The van der Waals surface area contributed by atoms with E-state index >= 15 is 0 Å². The second-order valence-electron chi connectivity index (χ2n) is 4.54. The first-order valence-electron chi connectivity index (χ1n) is 6.40. The number of piperidine rings is 1. The topological polar surface area (TPSA) is 12.0 Å². The minimum atomic E-state index is 0.925. The molecule has 0 amide bonds. The van der Waals surface area contributed by atoms with Crippen molar-refractivity contribution in [1.29, 1.82) is 0 Å². The molecule has 15 heavy (non-hydrogen) atoms. The van der Waals surface area contributed by atoms with Crippen LogP contribution in [0.3, 0.4) is 0 Å². The second-order valence-corrected chi connectivity index (χ2v) is 4.54. The van der Waals surface area contributed by atoms with Crippen molar-refractivity contribution in [3.05, 3.63) is 24.4 Å². The van der Waals surface area contributed by atoms with Gasteiger partial charge in [0.15, 0.2) is 0 Å². The van der Waals surface area contributed by atoms with Crippen molar-refractivity contribution in [2.75, 3.05) is 6.54 Å². The molecule has 0 spiro atoms. The van der Waals surface area contributed by atoms with Crippen LogP contribution in [0.25, 0.3) is 0 Å². The van der Waals surface area contributed by atoms with Crippen molar-refractivity contribution in [1.82, 2.24) is 5.32 Å². The molecule has 1 rings (SSSR count). The summed E-state index contributed by atoms with van der Waals surface area (Å²) in [5.41, 5.74) is 1.45. The van der Waals surface area contributed by atoms with Gasteiger partial charge >= 0.3 is 0 Å². The SMILES string of the molecule is C=CC/C=C1\CC(CCCCC)CCN1. The Kier molecular flexibility index (Phi) is 6.22. The summed E-state index contributed by atoms with van der Waals surface area (Å²) in [6.45, 7) is 7.19. The summed E-state index contributed by atoms with van der Waals surface area (Å²) in [5, 5.41) is 3.49. The monoisotopic (exact) mass is 207 g/mol. The molecule has 0 aliphatic carbocycles. The molecule has 0 aromatic heterocycles. The number of rotatable bonds is 6. The van der Waals surface area contributed by atoms with Gasteiger partial charge in [0.25, 0.3) is 0 Å². The van der Waals surface area contributed by atoms with Crippen molar-refractivity contribution < 1.29 is 0 Å². The minimum absolute atomic E-state index is 0.925. The molecule has 1 aliphatic heterocycles. The molecule has 1 N–H and O–H groups in total. The molecule has 1 atom stereocenters. The Morgan fingerprint density at radius 2 is 2.33 bits per heavy atom. The van der Waals surface area contributed by atoms with Gasteiger partial charge in [0.1, 0.15) is 0 Å². The Morgan fingerprint density at radius 3 is 3.07 bits per heavy atom. The maximum absolute atomic E-state index is 3.75. The molecule has 1 saturated heterocycles. The third kappa shape index (κ3) is 5.06. The average Bonchev–Trinajstić information content (AvgIpc) is 2.27. The molecular formula is C14H25N. The van der Waals surface area contributed by atoms with Crippen LogP contribution in [0.4, 0.5) is 0 Å². The number of hydrogen-bond acceptors (Lipinski definition) is 1. The molecule has 0 saturated carbocycles. The van der Waals surface area contributed by atoms with Crippen LogP contribution in [0.15, 0.2) is 24.4 Å². The first-order chi connectivity index (χ1) is 7.36. The van der Waals surface area contributed by atoms with Crippen LogP contribution in [-0.2, 0) is 0 Å². The van der Waals surface area contributed by atoms with Crippen LogP contribution < -0.4 is 5.32 Å². The highest BCUT2D eigenvalue weighted by molar-refractivity contribution is 5.05. The summed E-state index contributed by atoms with van der Waals surface area (Å²) in [7, 11) is 0. The zero-order chi connectivity index (χ0) is 10.9. The highest BCUT2D eigenvalue weighted by Crippen LogP contribution is 2.24. The van der Waals surface area contributed by atoms with Gasteiger partial charge in [0.05, 0.1) is 0 Å². The summed E-state index contributed by atoms with van der Waals surface area (Å²) in [6, 6.07) is 0. The largest absolute Gasteiger partial charge is 0.389 e. The summed E-state index contributed by atoms with van der Waals surface area (Å²) in [5.74, 6) is 0.925. The van der Waals surface area contributed by atoms with Gasteiger partial charge in [-0.3, -0.25) is 0 Å². The van der Waals surface area contributed by atoms with Crippen LogP contribution in [0, 0.1) is 5.92 Å². The summed E-state index contributed by atoms with van der Waals surface area (Å²) >= 11 is 0. The molecule has 86 valence electrons. The zero-order valence-corrected chi connectivity index (χ0v) is 10.1. The Bertz CT molecular complexity index is 205. The lowest BCUT2D eigenvalue weighted by Crippen LogP contribution is -2.26. The predicted molar refractivity (Wildman–Crippen MR) is 67.8 cm³/mol. The number of unbranched alkanes of at least 4 members (excludes halogenated alkanes) is 2. The molecule has 1 heterocycles. The van der Waals surface area contributed by atoms with Crippen LogP contribution in [0.5, 0.6) is 0 Å². The first-order valence-corrected chi connectivity index (χ1v) is 6.40. The van der Waals surface area contributed by atoms with E-state index in [4.69, 9.17) is 0 Å². The van der Waals surface area contributed by atoms with Gasteiger partial charge in [-0.1, -0.05) is 44.8 Å². The van der Waals surface area contributed by atoms with Crippen molar-refractivity contribution in [2.24, 2.45) is 5.92 Å². The fourth-order valence-electron chi connectivity index (χ4n) is 2.23. The maximum atomic E-state index is 3.75. The number of hydrogen-bond donors (Lipinski definition) is 1. The van der Waals surface area contributed by atoms with E-state index in [2.05, 4.69) is 24.9 Å². The van der Waals surface area contributed by atoms with Crippen molar-refractivity contribution in [3.63, 3.8) is 0 Å². The molecule has 0 bridgehead atoms. The predicted octanol–water partition coefficient (Wildman–Crippen LogP) is 4.03. The highest BCUT2D eigenvalue weighted by Gasteiger charge is 2.15. The van der Waals surface area contributed by atoms with Gasteiger partial charge in [-0.25, -0.2) is 0 Å². The number of allylic oxidation sites excluding steroid dienone is 3. The summed E-state index contributed by atoms with van der Waals surface area (Å²) in [4.78, 5) is 0. The van der Waals surface area contributed by atoms with E-state index in [1.165, 1.54) is 50.8 Å². The smallest absolute Gasteiger partial charge is 0.0146 e. The van der Waals surface area contributed by atoms with Gasteiger partial charge < -0.3 is 5.32 Å². The van der Waals surface area contributed by atoms with Crippen LogP contribution >= 0.6 is 0 Å². The van der Waals surface area contributed by atoms with E-state index in [-0.39, 0.29) is 0 Å². The standard InChI is InChI=1S/C14H25N/c1-3-5-7-8-13-10-11-15-14(12-13)9-6-4-2/h4,9,13,15H,2-3,5-8,10-12H2,1H3/b14-9+. The van der Waals surface area contributed by atoms with Crippen molar-refractivity contribution >= 4 is 0 Å². The Balaban J connectivity index is 2.25. The second kappa shape index (κ2) is 7.56. The minimum Gasteiger partial charge on any atom is -0.389 e. The molecule has 0 aromatic carbocycles. The molecule has 1 heteroatoms. The van der Waals surface area contributed by atoms with E-state index in [0.717, 1.165) is 12.3 Å². The average molecular weight is 207 g/mol. The Labute approximate surface area is 94.6 Å². The zero-order valence-electron chi connectivity index (χ0n) is 10.1. The maximum Gasteiger partial charge on any atom is 0.0146 e. The molecule has 1 nitrogen and oxygen atoms in total. The summed E-state index contributed by atoms with van der Waals surface area (Å²) < 4.78 is 0. The van der Waals surface area contributed by atoms with E-state index in [0.29, 0.717) is 0 Å². The highest BCUT2D eigenvalue weighted by atomic mass is 14.9. The lowest BCUT2D eigenvalue weighted by molar-refractivity contribution is 0.377. The van der Waals surface area contributed by atoms with E-state index in [9.17, 15) is 0 Å². The third-order valence-electron chi connectivity index (χ3n) is 3.16. The normalized spacial score (nSPS) is 23.8. The van der Waals surface area contributed by atoms with Gasteiger partial charge in [-0.2, -0.15) is 0 Å². The van der Waals surface area contributed by atoms with Gasteiger partial charge in [-0.05, 0) is 25.2 Å². The van der Waals surface area contributed by atoms with Crippen LogP contribution in [0.2, 0.25) is 0 Å². The lowest BCUT2D eigenvalue weighted by Gasteiger charge is -2.25. The van der Waals surface area contributed by atoms with Gasteiger partial charge in [0.2, 0.25) is 0 Å². The van der Waals surface area contributed by atoms with Crippen LogP contribution in [-0.4, -0.2) is 6.54 Å². The molecule has 1 unspecified atom stereocenters.